The lowest BCUT2D eigenvalue weighted by molar-refractivity contribution is 0.0615. The molecule has 1 aromatic rings. The number of amides is 1. The molecule has 7 nitrogen and oxygen atoms in total. The SMILES string of the molecule is NNc1ncc(Br)cc1C(=O)N1CCN(CCO)CC1. The van der Waals surface area contributed by atoms with Crippen LogP contribution in [0.25, 0.3) is 0 Å². The van der Waals surface area contributed by atoms with Gasteiger partial charge in [0.1, 0.15) is 0 Å². The van der Waals surface area contributed by atoms with Crippen LogP contribution in [0.15, 0.2) is 16.7 Å². The Morgan fingerprint density at radius 2 is 2.15 bits per heavy atom. The molecule has 2 heterocycles. The molecule has 0 bridgehead atoms. The largest absolute Gasteiger partial charge is 0.395 e. The summed E-state index contributed by atoms with van der Waals surface area (Å²) in [5, 5.41) is 8.91. The minimum Gasteiger partial charge on any atom is -0.395 e. The van der Waals surface area contributed by atoms with Gasteiger partial charge in [-0.15, -0.1) is 0 Å². The van der Waals surface area contributed by atoms with E-state index in [0.717, 1.165) is 17.6 Å². The molecule has 0 spiro atoms. The molecule has 0 aromatic carbocycles. The van der Waals surface area contributed by atoms with E-state index in [1.165, 1.54) is 0 Å². The minimum absolute atomic E-state index is 0.0876. The third-order valence-corrected chi connectivity index (χ3v) is 3.73. The van der Waals surface area contributed by atoms with Gasteiger partial charge < -0.3 is 15.4 Å². The fourth-order valence-electron chi connectivity index (χ4n) is 2.20. The third kappa shape index (κ3) is 3.45. The van der Waals surface area contributed by atoms with Gasteiger partial charge in [0, 0.05) is 43.4 Å². The maximum absolute atomic E-state index is 12.5. The molecule has 8 heteroatoms. The van der Waals surface area contributed by atoms with E-state index in [-0.39, 0.29) is 12.5 Å². The molecule has 0 atom stereocenters. The average Bonchev–Trinajstić information content (AvgIpc) is 2.47. The first kappa shape index (κ1) is 15.2. The van der Waals surface area contributed by atoms with Crippen molar-refractivity contribution in [3.8, 4) is 0 Å². The molecular weight excluding hydrogens is 326 g/mol. The molecule has 1 fully saturated rings. The van der Waals surface area contributed by atoms with Gasteiger partial charge in [-0.25, -0.2) is 10.8 Å². The Hall–Kier alpha value is -1.22. The number of nitrogen functional groups attached to an aromatic ring is 1. The van der Waals surface area contributed by atoms with Crippen molar-refractivity contribution in [2.75, 3.05) is 44.8 Å². The molecule has 1 aromatic heterocycles. The van der Waals surface area contributed by atoms with Crippen molar-refractivity contribution >= 4 is 27.7 Å². The van der Waals surface area contributed by atoms with E-state index in [1.807, 2.05) is 0 Å². The number of hydrogen-bond acceptors (Lipinski definition) is 6. The van der Waals surface area contributed by atoms with E-state index in [4.69, 9.17) is 10.9 Å². The maximum Gasteiger partial charge on any atom is 0.257 e. The van der Waals surface area contributed by atoms with E-state index < -0.39 is 0 Å². The summed E-state index contributed by atoms with van der Waals surface area (Å²) in [7, 11) is 0. The second kappa shape index (κ2) is 6.98. The number of halogens is 1. The van der Waals surface area contributed by atoms with Crippen molar-refractivity contribution in [3.63, 3.8) is 0 Å². The van der Waals surface area contributed by atoms with Gasteiger partial charge in [0.15, 0.2) is 5.82 Å². The Balaban J connectivity index is 2.07. The van der Waals surface area contributed by atoms with Gasteiger partial charge in [-0.1, -0.05) is 0 Å². The molecule has 0 saturated carbocycles. The molecule has 1 amide bonds. The smallest absolute Gasteiger partial charge is 0.257 e. The van der Waals surface area contributed by atoms with E-state index in [2.05, 4.69) is 31.2 Å². The Morgan fingerprint density at radius 1 is 1.45 bits per heavy atom. The molecule has 4 N–H and O–H groups in total. The Labute approximate surface area is 125 Å². The van der Waals surface area contributed by atoms with Crippen molar-refractivity contribution < 1.29 is 9.90 Å². The van der Waals surface area contributed by atoms with Crippen LogP contribution in [0.1, 0.15) is 10.4 Å². The number of hydrogen-bond donors (Lipinski definition) is 3. The fourth-order valence-corrected chi connectivity index (χ4v) is 2.53. The molecule has 2 rings (SSSR count). The molecule has 0 unspecified atom stereocenters. The molecule has 1 aliphatic rings. The van der Waals surface area contributed by atoms with Gasteiger partial charge in [-0.05, 0) is 22.0 Å². The molecular formula is C12H18BrN5O2. The van der Waals surface area contributed by atoms with Crippen molar-refractivity contribution in [2.24, 2.45) is 5.84 Å². The van der Waals surface area contributed by atoms with Crippen LogP contribution in [0.3, 0.4) is 0 Å². The van der Waals surface area contributed by atoms with Crippen molar-refractivity contribution in [1.29, 1.82) is 0 Å². The van der Waals surface area contributed by atoms with E-state index in [9.17, 15) is 4.79 Å². The number of carbonyl (C=O) groups is 1. The molecule has 20 heavy (non-hydrogen) atoms. The highest BCUT2D eigenvalue weighted by molar-refractivity contribution is 9.10. The highest BCUT2D eigenvalue weighted by Gasteiger charge is 2.24. The van der Waals surface area contributed by atoms with Crippen LogP contribution in [-0.4, -0.2) is 65.1 Å². The number of hydrazine groups is 1. The summed E-state index contributed by atoms with van der Waals surface area (Å²) in [5.41, 5.74) is 2.90. The zero-order valence-corrected chi connectivity index (χ0v) is 12.6. The number of aliphatic hydroxyl groups is 1. The number of pyridine rings is 1. The number of nitrogens with zero attached hydrogens (tertiary/aromatic N) is 3. The summed E-state index contributed by atoms with van der Waals surface area (Å²) in [5.74, 6) is 5.68. The number of aromatic nitrogens is 1. The summed E-state index contributed by atoms with van der Waals surface area (Å²) in [6.45, 7) is 3.59. The summed E-state index contributed by atoms with van der Waals surface area (Å²) in [4.78, 5) is 20.5. The normalized spacial score (nSPS) is 16.2. The van der Waals surface area contributed by atoms with Crippen LogP contribution in [0.4, 0.5) is 5.82 Å². The number of β-amino-alcohol motifs (C(OH)–C–C–N with tert-alkyl or cyclic N) is 1. The topological polar surface area (TPSA) is 94.7 Å². The van der Waals surface area contributed by atoms with Crippen LogP contribution < -0.4 is 11.3 Å². The quantitative estimate of drug-likeness (QED) is 0.521. The van der Waals surface area contributed by atoms with Crippen LogP contribution in [0.2, 0.25) is 0 Å². The first-order chi connectivity index (χ1) is 9.65. The van der Waals surface area contributed by atoms with Crippen molar-refractivity contribution in [1.82, 2.24) is 14.8 Å². The first-order valence-corrected chi connectivity index (χ1v) is 7.19. The Kier molecular flexibility index (Phi) is 5.30. The second-order valence-corrected chi connectivity index (χ2v) is 5.47. The number of piperazine rings is 1. The van der Waals surface area contributed by atoms with Crippen LogP contribution in [-0.2, 0) is 0 Å². The highest BCUT2D eigenvalue weighted by atomic mass is 79.9. The van der Waals surface area contributed by atoms with Gasteiger partial charge in [-0.2, -0.15) is 0 Å². The van der Waals surface area contributed by atoms with Gasteiger partial charge in [0.25, 0.3) is 5.91 Å². The lowest BCUT2D eigenvalue weighted by Crippen LogP contribution is -2.49. The number of nitrogens with one attached hydrogen (secondary N) is 1. The molecule has 1 saturated heterocycles. The second-order valence-electron chi connectivity index (χ2n) is 4.55. The molecule has 1 aliphatic heterocycles. The van der Waals surface area contributed by atoms with Crippen molar-refractivity contribution in [3.05, 3.63) is 22.3 Å². The van der Waals surface area contributed by atoms with Gasteiger partial charge >= 0.3 is 0 Å². The summed E-state index contributed by atoms with van der Waals surface area (Å²) in [6, 6.07) is 1.71. The Morgan fingerprint density at radius 3 is 2.75 bits per heavy atom. The third-order valence-electron chi connectivity index (χ3n) is 3.30. The van der Waals surface area contributed by atoms with E-state index in [0.29, 0.717) is 31.0 Å². The summed E-state index contributed by atoms with van der Waals surface area (Å²) < 4.78 is 0.735. The molecule has 0 radical (unpaired) electrons. The van der Waals surface area contributed by atoms with E-state index in [1.54, 1.807) is 17.2 Å². The van der Waals surface area contributed by atoms with Gasteiger partial charge in [-0.3, -0.25) is 9.69 Å². The van der Waals surface area contributed by atoms with Crippen LogP contribution in [0.5, 0.6) is 0 Å². The number of aliphatic hydroxyl groups excluding tert-OH is 1. The van der Waals surface area contributed by atoms with Crippen LogP contribution in [0, 0.1) is 0 Å². The Bertz CT molecular complexity index is 477. The first-order valence-electron chi connectivity index (χ1n) is 6.40. The number of nitrogens with two attached hydrogens (primary N) is 1. The van der Waals surface area contributed by atoms with Gasteiger partial charge in [0.2, 0.25) is 0 Å². The number of carbonyl (C=O) groups excluding carboxylic acids is 1. The predicted octanol–water partition coefficient (Wildman–Crippen LogP) is -0.120. The number of anilines is 1. The molecule has 0 aliphatic carbocycles. The standard InChI is InChI=1S/C12H18BrN5O2/c13-9-7-10(11(16-14)15-8-9)12(20)18-3-1-17(2-4-18)5-6-19/h7-8,19H,1-6,14H2,(H,15,16). The lowest BCUT2D eigenvalue weighted by Gasteiger charge is -2.34. The maximum atomic E-state index is 12.5. The van der Waals surface area contributed by atoms with Crippen molar-refractivity contribution in [2.45, 2.75) is 0 Å². The highest BCUT2D eigenvalue weighted by Crippen LogP contribution is 2.19. The zero-order valence-electron chi connectivity index (χ0n) is 11.0. The van der Waals surface area contributed by atoms with E-state index >= 15 is 0 Å². The predicted molar refractivity (Wildman–Crippen MR) is 79.2 cm³/mol. The monoisotopic (exact) mass is 343 g/mol. The molecule has 110 valence electrons. The summed E-state index contributed by atoms with van der Waals surface area (Å²) in [6.07, 6.45) is 1.59. The lowest BCUT2D eigenvalue weighted by atomic mass is 10.2. The van der Waals surface area contributed by atoms with Crippen LogP contribution >= 0.6 is 15.9 Å². The average molecular weight is 344 g/mol. The zero-order chi connectivity index (χ0) is 14.5. The number of rotatable bonds is 4. The van der Waals surface area contributed by atoms with Gasteiger partial charge in [0.05, 0.1) is 12.2 Å². The minimum atomic E-state index is -0.0876. The summed E-state index contributed by atoms with van der Waals surface area (Å²) >= 11 is 3.31. The fraction of sp³-hybridized carbons (Fsp3) is 0.500.